The average molecular weight is 183 g/mol. The SMILES string of the molecule is OC1CC(CC2CCCCC2)=NO1. The summed E-state index contributed by atoms with van der Waals surface area (Å²) < 4.78 is 0. The van der Waals surface area contributed by atoms with E-state index >= 15 is 0 Å². The quantitative estimate of drug-likeness (QED) is 0.712. The largest absolute Gasteiger partial charge is 0.364 e. The third-order valence-electron chi connectivity index (χ3n) is 2.96. The van der Waals surface area contributed by atoms with Gasteiger partial charge in [0.05, 0.1) is 12.1 Å². The Morgan fingerprint density at radius 3 is 2.69 bits per heavy atom. The molecule has 1 saturated carbocycles. The third-order valence-corrected chi connectivity index (χ3v) is 2.96. The highest BCUT2D eigenvalue weighted by Gasteiger charge is 2.22. The molecular weight excluding hydrogens is 166 g/mol. The van der Waals surface area contributed by atoms with Crippen molar-refractivity contribution in [2.45, 2.75) is 51.2 Å². The summed E-state index contributed by atoms with van der Waals surface area (Å²) in [5.74, 6) is 0.793. The summed E-state index contributed by atoms with van der Waals surface area (Å²) >= 11 is 0. The molecule has 2 aliphatic rings. The molecule has 0 bridgehead atoms. The van der Waals surface area contributed by atoms with Gasteiger partial charge in [-0.05, 0) is 12.3 Å². The fraction of sp³-hybridized carbons (Fsp3) is 0.900. The molecule has 13 heavy (non-hydrogen) atoms. The van der Waals surface area contributed by atoms with E-state index in [0.29, 0.717) is 6.42 Å². The van der Waals surface area contributed by atoms with Crippen molar-refractivity contribution in [3.8, 4) is 0 Å². The number of hydrogen-bond acceptors (Lipinski definition) is 3. The molecule has 0 spiro atoms. The van der Waals surface area contributed by atoms with Crippen LogP contribution in [0.2, 0.25) is 0 Å². The second kappa shape index (κ2) is 4.09. The number of aliphatic hydroxyl groups excluding tert-OH is 1. The first kappa shape index (κ1) is 9.00. The molecule has 1 aliphatic carbocycles. The van der Waals surface area contributed by atoms with Crippen LogP contribution in [0.25, 0.3) is 0 Å². The fourth-order valence-corrected chi connectivity index (χ4v) is 2.26. The molecule has 0 aromatic carbocycles. The normalized spacial score (nSPS) is 29.9. The molecule has 74 valence electrons. The van der Waals surface area contributed by atoms with Gasteiger partial charge < -0.3 is 9.94 Å². The van der Waals surface area contributed by atoms with Gasteiger partial charge in [-0.25, -0.2) is 0 Å². The number of nitrogens with zero attached hydrogens (tertiary/aromatic N) is 1. The van der Waals surface area contributed by atoms with Crippen molar-refractivity contribution in [2.75, 3.05) is 0 Å². The zero-order chi connectivity index (χ0) is 9.10. The molecule has 1 fully saturated rings. The van der Waals surface area contributed by atoms with Gasteiger partial charge in [0.15, 0.2) is 0 Å². The second-order valence-electron chi connectivity index (χ2n) is 4.13. The maximum absolute atomic E-state index is 9.09. The Bertz CT molecular complexity index is 197. The molecule has 0 saturated heterocycles. The Morgan fingerprint density at radius 1 is 1.31 bits per heavy atom. The second-order valence-corrected chi connectivity index (χ2v) is 4.13. The summed E-state index contributed by atoms with van der Waals surface area (Å²) in [5.41, 5.74) is 1.06. The monoisotopic (exact) mass is 183 g/mol. The summed E-state index contributed by atoms with van der Waals surface area (Å²) in [5, 5.41) is 13.0. The van der Waals surface area contributed by atoms with E-state index in [1.54, 1.807) is 0 Å². The van der Waals surface area contributed by atoms with E-state index in [2.05, 4.69) is 5.16 Å². The molecule has 0 aromatic heterocycles. The zero-order valence-electron chi connectivity index (χ0n) is 7.91. The van der Waals surface area contributed by atoms with Gasteiger partial charge in [-0.2, -0.15) is 0 Å². The average Bonchev–Trinajstić information content (AvgIpc) is 2.53. The summed E-state index contributed by atoms with van der Waals surface area (Å²) in [7, 11) is 0. The minimum absolute atomic E-state index is 0.622. The van der Waals surface area contributed by atoms with Crippen LogP contribution in [-0.4, -0.2) is 17.1 Å². The lowest BCUT2D eigenvalue weighted by molar-refractivity contribution is -0.0762. The van der Waals surface area contributed by atoms with Gasteiger partial charge in [0.25, 0.3) is 0 Å². The van der Waals surface area contributed by atoms with Crippen LogP contribution in [0.4, 0.5) is 0 Å². The fourth-order valence-electron chi connectivity index (χ4n) is 2.26. The van der Waals surface area contributed by atoms with Crippen LogP contribution in [0.3, 0.4) is 0 Å². The minimum Gasteiger partial charge on any atom is -0.364 e. The summed E-state index contributed by atoms with van der Waals surface area (Å²) in [4.78, 5) is 4.75. The smallest absolute Gasteiger partial charge is 0.229 e. The Kier molecular flexibility index (Phi) is 2.83. The van der Waals surface area contributed by atoms with Crippen molar-refractivity contribution in [3.63, 3.8) is 0 Å². The Balaban J connectivity index is 1.77. The van der Waals surface area contributed by atoms with Crippen molar-refractivity contribution in [3.05, 3.63) is 0 Å². The molecule has 0 amide bonds. The van der Waals surface area contributed by atoms with Gasteiger partial charge in [-0.3, -0.25) is 0 Å². The van der Waals surface area contributed by atoms with E-state index < -0.39 is 6.29 Å². The first-order valence-corrected chi connectivity index (χ1v) is 5.24. The first-order chi connectivity index (χ1) is 6.34. The molecule has 1 N–H and O–H groups in total. The number of aliphatic hydroxyl groups is 1. The summed E-state index contributed by atoms with van der Waals surface area (Å²) in [6, 6.07) is 0. The molecule has 1 heterocycles. The van der Waals surface area contributed by atoms with Crippen LogP contribution in [-0.2, 0) is 4.84 Å². The number of rotatable bonds is 2. The van der Waals surface area contributed by atoms with E-state index in [-0.39, 0.29) is 0 Å². The molecule has 2 rings (SSSR count). The summed E-state index contributed by atoms with van der Waals surface area (Å²) in [6.45, 7) is 0. The predicted octanol–water partition coefficient (Wildman–Crippen LogP) is 2.05. The lowest BCUT2D eigenvalue weighted by Gasteiger charge is -2.20. The predicted molar refractivity (Wildman–Crippen MR) is 50.3 cm³/mol. The van der Waals surface area contributed by atoms with E-state index in [0.717, 1.165) is 18.1 Å². The zero-order valence-corrected chi connectivity index (χ0v) is 7.91. The first-order valence-electron chi connectivity index (χ1n) is 5.24. The molecule has 1 unspecified atom stereocenters. The highest BCUT2D eigenvalue weighted by molar-refractivity contribution is 5.85. The highest BCUT2D eigenvalue weighted by Crippen LogP contribution is 2.28. The molecule has 0 aromatic rings. The van der Waals surface area contributed by atoms with Gasteiger partial charge in [0, 0.05) is 0 Å². The molecule has 3 heteroatoms. The lowest BCUT2D eigenvalue weighted by atomic mass is 9.85. The van der Waals surface area contributed by atoms with Crippen LogP contribution in [0, 0.1) is 5.92 Å². The number of oxime groups is 1. The Morgan fingerprint density at radius 2 is 2.08 bits per heavy atom. The molecular formula is C10H17NO2. The summed E-state index contributed by atoms with van der Waals surface area (Å²) in [6.07, 6.45) is 7.77. The van der Waals surface area contributed by atoms with Crippen molar-refractivity contribution < 1.29 is 9.94 Å². The van der Waals surface area contributed by atoms with E-state index in [4.69, 9.17) is 9.94 Å². The molecule has 1 aliphatic heterocycles. The van der Waals surface area contributed by atoms with Crippen molar-refractivity contribution >= 4 is 5.71 Å². The van der Waals surface area contributed by atoms with E-state index in [1.807, 2.05) is 0 Å². The van der Waals surface area contributed by atoms with E-state index in [1.165, 1.54) is 32.1 Å². The molecule has 3 nitrogen and oxygen atoms in total. The van der Waals surface area contributed by atoms with Crippen molar-refractivity contribution in [1.82, 2.24) is 0 Å². The Labute approximate surface area is 78.8 Å². The minimum atomic E-state index is -0.668. The maximum atomic E-state index is 9.09. The van der Waals surface area contributed by atoms with Gasteiger partial charge in [-0.1, -0.05) is 37.3 Å². The van der Waals surface area contributed by atoms with Crippen LogP contribution >= 0.6 is 0 Å². The van der Waals surface area contributed by atoms with E-state index in [9.17, 15) is 0 Å². The highest BCUT2D eigenvalue weighted by atomic mass is 16.7. The maximum Gasteiger partial charge on any atom is 0.229 e. The number of hydrogen-bond donors (Lipinski definition) is 1. The van der Waals surface area contributed by atoms with Gasteiger partial charge in [0.2, 0.25) is 6.29 Å². The van der Waals surface area contributed by atoms with Crippen molar-refractivity contribution in [2.24, 2.45) is 11.1 Å². The van der Waals surface area contributed by atoms with Gasteiger partial charge >= 0.3 is 0 Å². The van der Waals surface area contributed by atoms with Gasteiger partial charge in [-0.15, -0.1) is 0 Å². The van der Waals surface area contributed by atoms with Crippen LogP contribution in [0.1, 0.15) is 44.9 Å². The molecule has 0 radical (unpaired) electrons. The van der Waals surface area contributed by atoms with Crippen LogP contribution in [0.15, 0.2) is 5.16 Å². The van der Waals surface area contributed by atoms with Crippen LogP contribution in [0.5, 0.6) is 0 Å². The molecule has 1 atom stereocenters. The Hall–Kier alpha value is -0.570. The van der Waals surface area contributed by atoms with Crippen LogP contribution < -0.4 is 0 Å². The standard InChI is InChI=1S/C10H17NO2/c12-10-7-9(11-13-10)6-8-4-2-1-3-5-8/h8,10,12H,1-7H2. The van der Waals surface area contributed by atoms with Crippen molar-refractivity contribution in [1.29, 1.82) is 0 Å². The van der Waals surface area contributed by atoms with Gasteiger partial charge in [0.1, 0.15) is 0 Å². The topological polar surface area (TPSA) is 41.8 Å². The lowest BCUT2D eigenvalue weighted by Crippen LogP contribution is -2.12. The third kappa shape index (κ3) is 2.44.